The second kappa shape index (κ2) is 14.2. The van der Waals surface area contributed by atoms with Crippen LogP contribution in [0.15, 0.2) is 12.2 Å². The van der Waals surface area contributed by atoms with Gasteiger partial charge in [0.2, 0.25) is 0 Å². The minimum absolute atomic E-state index is 0.282. The molecule has 0 aliphatic carbocycles. The smallest absolute Gasteiger partial charge is 0.0465 e. The quantitative estimate of drug-likeness (QED) is 0.336. The van der Waals surface area contributed by atoms with Crippen LogP contribution >= 0.6 is 15.9 Å². The number of allylic oxidation sites excluding steroid dienone is 1. The van der Waals surface area contributed by atoms with Gasteiger partial charge >= 0.3 is 0 Å². The first-order valence-electron chi connectivity index (χ1n) is 6.23. The van der Waals surface area contributed by atoms with Crippen molar-refractivity contribution in [1.82, 2.24) is 0 Å². The zero-order chi connectivity index (χ0) is 11.2. The lowest BCUT2D eigenvalue weighted by Crippen LogP contribution is -1.81. The first kappa shape index (κ1) is 15.2. The molecule has 0 heterocycles. The minimum Gasteiger partial charge on any atom is -0.396 e. The van der Waals surface area contributed by atoms with Crippen LogP contribution in [0.3, 0.4) is 0 Å². The molecule has 0 fully saturated rings. The summed E-state index contributed by atoms with van der Waals surface area (Å²) in [4.78, 5) is 0. The van der Waals surface area contributed by atoms with Gasteiger partial charge in [-0.1, -0.05) is 60.2 Å². The van der Waals surface area contributed by atoms with Gasteiger partial charge in [-0.15, -0.1) is 0 Å². The number of aliphatic hydroxyl groups excluding tert-OH is 1. The molecule has 0 aromatic rings. The lowest BCUT2D eigenvalue weighted by atomic mass is 10.1. The standard InChI is InChI=1S/C13H25BrO/c14-12-10-8-6-4-2-1-3-5-7-9-11-13-15/h7,9,15H,1-6,8,10-13H2/b9-7+. The van der Waals surface area contributed by atoms with Crippen LogP contribution in [0, 0.1) is 0 Å². The minimum atomic E-state index is 0.282. The van der Waals surface area contributed by atoms with Gasteiger partial charge in [-0.05, 0) is 25.7 Å². The summed E-state index contributed by atoms with van der Waals surface area (Å²) in [7, 11) is 0. The molecule has 0 rings (SSSR count). The monoisotopic (exact) mass is 276 g/mol. The van der Waals surface area contributed by atoms with E-state index in [4.69, 9.17) is 5.11 Å². The van der Waals surface area contributed by atoms with E-state index in [9.17, 15) is 0 Å². The molecule has 1 nitrogen and oxygen atoms in total. The van der Waals surface area contributed by atoms with E-state index >= 15 is 0 Å². The Kier molecular flexibility index (Phi) is 14.4. The molecule has 0 unspecified atom stereocenters. The molecule has 0 aliphatic rings. The molecule has 0 radical (unpaired) electrons. The van der Waals surface area contributed by atoms with Crippen LogP contribution < -0.4 is 0 Å². The lowest BCUT2D eigenvalue weighted by Gasteiger charge is -1.99. The summed E-state index contributed by atoms with van der Waals surface area (Å²) < 4.78 is 0. The second-order valence-electron chi connectivity index (χ2n) is 3.94. The van der Waals surface area contributed by atoms with Crippen LogP contribution in [0.4, 0.5) is 0 Å². The van der Waals surface area contributed by atoms with Crippen LogP contribution in [0.25, 0.3) is 0 Å². The van der Waals surface area contributed by atoms with E-state index < -0.39 is 0 Å². The Morgan fingerprint density at radius 1 is 0.733 bits per heavy atom. The van der Waals surface area contributed by atoms with Crippen molar-refractivity contribution < 1.29 is 5.11 Å². The molecule has 15 heavy (non-hydrogen) atoms. The molecule has 0 aliphatic heterocycles. The number of hydrogen-bond acceptors (Lipinski definition) is 1. The number of aliphatic hydroxyl groups is 1. The second-order valence-corrected chi connectivity index (χ2v) is 4.73. The predicted octanol–water partition coefficient (Wildman–Crippen LogP) is 4.44. The van der Waals surface area contributed by atoms with E-state index in [1.165, 1.54) is 51.4 Å². The van der Waals surface area contributed by atoms with Gasteiger partial charge in [0.1, 0.15) is 0 Å². The van der Waals surface area contributed by atoms with Crippen molar-refractivity contribution in [3.63, 3.8) is 0 Å². The first-order valence-corrected chi connectivity index (χ1v) is 7.35. The van der Waals surface area contributed by atoms with Crippen molar-refractivity contribution in [3.05, 3.63) is 12.2 Å². The molecule has 0 bridgehead atoms. The highest BCUT2D eigenvalue weighted by Gasteiger charge is 1.90. The molecule has 0 atom stereocenters. The van der Waals surface area contributed by atoms with Gasteiger partial charge in [0.25, 0.3) is 0 Å². The fraction of sp³-hybridized carbons (Fsp3) is 0.846. The maximum absolute atomic E-state index is 8.56. The molecule has 0 aromatic carbocycles. The van der Waals surface area contributed by atoms with E-state index in [0.717, 1.165) is 11.8 Å². The zero-order valence-electron chi connectivity index (χ0n) is 9.76. The Labute approximate surface area is 103 Å². The Bertz CT molecular complexity index is 134. The summed E-state index contributed by atoms with van der Waals surface area (Å²) in [6.07, 6.45) is 15.8. The molecule has 0 aromatic heterocycles. The van der Waals surface area contributed by atoms with Gasteiger partial charge in [-0.2, -0.15) is 0 Å². The molecule has 1 N–H and O–H groups in total. The van der Waals surface area contributed by atoms with Crippen molar-refractivity contribution in [3.8, 4) is 0 Å². The van der Waals surface area contributed by atoms with Crippen LogP contribution in [-0.2, 0) is 0 Å². The highest BCUT2D eigenvalue weighted by atomic mass is 79.9. The van der Waals surface area contributed by atoms with Crippen LogP contribution in [0.2, 0.25) is 0 Å². The molecule has 0 saturated heterocycles. The fourth-order valence-electron chi connectivity index (χ4n) is 1.55. The average Bonchev–Trinajstić information content (AvgIpc) is 2.26. The summed E-state index contributed by atoms with van der Waals surface area (Å²) in [6.45, 7) is 0.282. The van der Waals surface area contributed by atoms with Gasteiger partial charge in [0.15, 0.2) is 0 Å². The fourth-order valence-corrected chi connectivity index (χ4v) is 1.95. The van der Waals surface area contributed by atoms with Crippen molar-refractivity contribution in [2.24, 2.45) is 0 Å². The lowest BCUT2D eigenvalue weighted by molar-refractivity contribution is 0.302. The van der Waals surface area contributed by atoms with Gasteiger partial charge in [-0.25, -0.2) is 0 Å². The molecule has 0 amide bonds. The predicted molar refractivity (Wildman–Crippen MR) is 71.6 cm³/mol. The summed E-state index contributed by atoms with van der Waals surface area (Å²) >= 11 is 3.45. The van der Waals surface area contributed by atoms with Crippen LogP contribution in [-0.4, -0.2) is 17.0 Å². The third-order valence-corrected chi connectivity index (χ3v) is 3.03. The molecule has 0 saturated carbocycles. The van der Waals surface area contributed by atoms with Crippen LogP contribution in [0.5, 0.6) is 0 Å². The molecular weight excluding hydrogens is 252 g/mol. The number of alkyl halides is 1. The number of hydrogen-bond donors (Lipinski definition) is 1. The van der Waals surface area contributed by atoms with E-state index in [-0.39, 0.29) is 6.61 Å². The van der Waals surface area contributed by atoms with E-state index in [1.54, 1.807) is 0 Å². The maximum atomic E-state index is 8.56. The van der Waals surface area contributed by atoms with Crippen molar-refractivity contribution in [2.75, 3.05) is 11.9 Å². The topological polar surface area (TPSA) is 20.2 Å². The average molecular weight is 277 g/mol. The third kappa shape index (κ3) is 14.2. The summed E-state index contributed by atoms with van der Waals surface area (Å²) in [5, 5.41) is 9.71. The molecule has 0 spiro atoms. The number of halogens is 1. The van der Waals surface area contributed by atoms with E-state index in [1.807, 2.05) is 0 Å². The Balaban J connectivity index is 2.92. The number of unbranched alkanes of at least 4 members (excludes halogenated alkanes) is 7. The Morgan fingerprint density at radius 2 is 1.27 bits per heavy atom. The van der Waals surface area contributed by atoms with Gasteiger partial charge < -0.3 is 5.11 Å². The highest BCUT2D eigenvalue weighted by Crippen LogP contribution is 2.09. The summed E-state index contributed by atoms with van der Waals surface area (Å²) in [5.74, 6) is 0. The number of rotatable bonds is 11. The highest BCUT2D eigenvalue weighted by molar-refractivity contribution is 9.09. The molecule has 2 heteroatoms. The van der Waals surface area contributed by atoms with Gasteiger partial charge in [-0.3, -0.25) is 0 Å². The SMILES string of the molecule is OCC/C=C/CCCCCCCCCBr. The van der Waals surface area contributed by atoms with Crippen LogP contribution in [0.1, 0.15) is 57.8 Å². The van der Waals surface area contributed by atoms with E-state index in [2.05, 4.69) is 28.1 Å². The third-order valence-electron chi connectivity index (χ3n) is 2.47. The van der Waals surface area contributed by atoms with Crippen molar-refractivity contribution >= 4 is 15.9 Å². The van der Waals surface area contributed by atoms with E-state index in [0.29, 0.717) is 0 Å². The maximum Gasteiger partial charge on any atom is 0.0465 e. The first-order chi connectivity index (χ1) is 7.41. The largest absolute Gasteiger partial charge is 0.396 e. The molecule has 90 valence electrons. The van der Waals surface area contributed by atoms with Gasteiger partial charge in [0, 0.05) is 11.9 Å². The van der Waals surface area contributed by atoms with Gasteiger partial charge in [0.05, 0.1) is 0 Å². The summed E-state index contributed by atoms with van der Waals surface area (Å²) in [6, 6.07) is 0. The van der Waals surface area contributed by atoms with Crippen molar-refractivity contribution in [2.45, 2.75) is 57.8 Å². The molecular formula is C13H25BrO. The van der Waals surface area contributed by atoms with Crippen molar-refractivity contribution in [1.29, 1.82) is 0 Å². The Morgan fingerprint density at radius 3 is 1.87 bits per heavy atom. The zero-order valence-corrected chi connectivity index (χ0v) is 11.3. The normalized spacial score (nSPS) is 11.3. The summed E-state index contributed by atoms with van der Waals surface area (Å²) in [5.41, 5.74) is 0. The Hall–Kier alpha value is 0.180.